The Morgan fingerprint density at radius 2 is 1.87 bits per heavy atom. The number of carbonyl (C=O) groups excluding carboxylic acids is 1. The summed E-state index contributed by atoms with van der Waals surface area (Å²) in [6, 6.07) is 12.3. The quantitative estimate of drug-likeness (QED) is 0.476. The van der Waals surface area contributed by atoms with Crippen molar-refractivity contribution in [1.82, 2.24) is 9.97 Å². The van der Waals surface area contributed by atoms with E-state index in [2.05, 4.69) is 32.6 Å². The molecule has 0 saturated carbocycles. The smallest absolute Gasteiger partial charge is 0.219 e. The summed E-state index contributed by atoms with van der Waals surface area (Å²) in [6.07, 6.45) is 2.20. The fraction of sp³-hybridized carbons (Fsp3) is 0.400. The molecule has 0 aliphatic carbocycles. The van der Waals surface area contributed by atoms with Crippen molar-refractivity contribution in [3.63, 3.8) is 0 Å². The second kappa shape index (κ2) is 8.58. The lowest BCUT2D eigenvalue weighted by Crippen LogP contribution is -2.28. The van der Waals surface area contributed by atoms with E-state index in [9.17, 15) is 9.18 Å². The van der Waals surface area contributed by atoms with Gasteiger partial charge in [0.25, 0.3) is 0 Å². The zero-order valence-corrected chi connectivity index (χ0v) is 19.3. The molecule has 162 valence electrons. The molecule has 1 saturated heterocycles. The van der Waals surface area contributed by atoms with E-state index in [1.165, 1.54) is 23.9 Å². The van der Waals surface area contributed by atoms with Crippen molar-refractivity contribution in [3.05, 3.63) is 53.8 Å². The monoisotopic (exact) mass is 437 g/mol. The Hall–Kier alpha value is -2.47. The van der Waals surface area contributed by atoms with Gasteiger partial charge in [0.1, 0.15) is 11.5 Å². The molecule has 0 bridgehead atoms. The van der Waals surface area contributed by atoms with Crippen LogP contribution >= 0.6 is 11.8 Å². The maximum Gasteiger partial charge on any atom is 0.219 e. The number of fused-ring (bicyclic) bond motifs is 1. The number of nitrogens with zero attached hydrogens (tertiary/aromatic N) is 3. The molecule has 1 fully saturated rings. The molecule has 0 unspecified atom stereocenters. The van der Waals surface area contributed by atoms with Crippen molar-refractivity contribution in [2.75, 3.05) is 17.2 Å². The normalized spacial score (nSPS) is 16.8. The highest BCUT2D eigenvalue weighted by Gasteiger charge is 2.26. The van der Waals surface area contributed by atoms with Crippen molar-refractivity contribution in [2.24, 2.45) is 5.41 Å². The lowest BCUT2D eigenvalue weighted by atomic mass is 10.0. The first-order valence-electron chi connectivity index (χ1n) is 10.7. The van der Waals surface area contributed by atoms with Crippen molar-refractivity contribution in [2.45, 2.75) is 46.6 Å². The molecule has 4 nitrogen and oxygen atoms in total. The standard InChI is InChI=1S/C25H28FN3OS/c1-16-6-5-13-29(16)23-22(17-7-10-19(26)11-8-17)27-20-12-9-18(14-21(20)28-23)24(30)31-15-25(2,3)4/h7-12,14,16H,5-6,13,15H2,1-4H3/t16-/m0/s1. The molecular formula is C25H28FN3OS. The average molecular weight is 438 g/mol. The van der Waals surface area contributed by atoms with Gasteiger partial charge in [0.05, 0.1) is 11.0 Å². The molecule has 1 aliphatic heterocycles. The Labute approximate surface area is 187 Å². The first kappa shape index (κ1) is 21.8. The molecule has 3 aromatic rings. The van der Waals surface area contributed by atoms with Crippen molar-refractivity contribution in [3.8, 4) is 11.3 Å². The zero-order valence-electron chi connectivity index (χ0n) is 18.5. The van der Waals surface area contributed by atoms with Crippen LogP contribution in [0.25, 0.3) is 22.3 Å². The SMILES string of the molecule is C[C@H]1CCCN1c1nc2cc(C(=O)SCC(C)(C)C)ccc2nc1-c1ccc(F)cc1. The average Bonchev–Trinajstić information content (AvgIpc) is 3.16. The maximum absolute atomic E-state index is 13.5. The van der Waals surface area contributed by atoms with Crippen LogP contribution in [0.15, 0.2) is 42.5 Å². The van der Waals surface area contributed by atoms with E-state index in [0.29, 0.717) is 17.1 Å². The largest absolute Gasteiger partial charge is 0.352 e. The fourth-order valence-electron chi connectivity index (χ4n) is 3.79. The molecule has 2 aromatic carbocycles. The van der Waals surface area contributed by atoms with Crippen LogP contribution in [0.3, 0.4) is 0 Å². The van der Waals surface area contributed by atoms with Crippen LogP contribution in [0.1, 0.15) is 50.9 Å². The Balaban J connectivity index is 1.77. The highest BCUT2D eigenvalue weighted by Crippen LogP contribution is 2.34. The third-order valence-corrected chi connectivity index (χ3v) is 6.97. The molecule has 1 aliphatic rings. The Kier molecular flexibility index (Phi) is 6.02. The second-order valence-corrected chi connectivity index (χ2v) is 10.4. The number of thioether (sulfide) groups is 1. The third kappa shape index (κ3) is 4.90. The van der Waals surface area contributed by atoms with Crippen LogP contribution in [0, 0.1) is 11.2 Å². The number of aromatic nitrogens is 2. The summed E-state index contributed by atoms with van der Waals surface area (Å²) in [6.45, 7) is 9.48. The lowest BCUT2D eigenvalue weighted by molar-refractivity contribution is 0.108. The molecule has 0 N–H and O–H groups in total. The first-order valence-corrected chi connectivity index (χ1v) is 11.7. The van der Waals surface area contributed by atoms with Crippen molar-refractivity contribution >= 4 is 33.7 Å². The molecule has 1 atom stereocenters. The van der Waals surface area contributed by atoms with E-state index in [1.54, 1.807) is 12.1 Å². The Morgan fingerprint density at radius 3 is 2.52 bits per heavy atom. The van der Waals surface area contributed by atoms with E-state index in [1.807, 2.05) is 18.2 Å². The van der Waals surface area contributed by atoms with Crippen molar-refractivity contribution in [1.29, 1.82) is 0 Å². The summed E-state index contributed by atoms with van der Waals surface area (Å²) in [7, 11) is 0. The molecule has 6 heteroatoms. The topological polar surface area (TPSA) is 46.1 Å². The number of hydrogen-bond acceptors (Lipinski definition) is 5. The number of anilines is 1. The lowest BCUT2D eigenvalue weighted by Gasteiger charge is -2.25. The fourth-order valence-corrected chi connectivity index (χ4v) is 4.64. The van der Waals surface area contributed by atoms with Gasteiger partial charge >= 0.3 is 0 Å². The highest BCUT2D eigenvalue weighted by atomic mass is 32.2. The Morgan fingerprint density at radius 1 is 1.13 bits per heavy atom. The molecule has 2 heterocycles. The highest BCUT2D eigenvalue weighted by molar-refractivity contribution is 8.14. The number of carbonyl (C=O) groups is 1. The maximum atomic E-state index is 13.5. The Bertz CT molecular complexity index is 1110. The van der Waals surface area contributed by atoms with Gasteiger partial charge < -0.3 is 4.90 Å². The predicted molar refractivity (Wildman–Crippen MR) is 127 cm³/mol. The van der Waals surface area contributed by atoms with Crippen LogP contribution in [-0.2, 0) is 0 Å². The summed E-state index contributed by atoms with van der Waals surface area (Å²) < 4.78 is 13.5. The zero-order chi connectivity index (χ0) is 22.2. The van der Waals surface area contributed by atoms with E-state index < -0.39 is 0 Å². The minimum atomic E-state index is -0.274. The van der Waals surface area contributed by atoms with Gasteiger partial charge in [-0.3, -0.25) is 4.79 Å². The van der Waals surface area contributed by atoms with Gasteiger partial charge in [0, 0.05) is 29.5 Å². The summed E-state index contributed by atoms with van der Waals surface area (Å²) in [5, 5.41) is 0.0531. The van der Waals surface area contributed by atoms with Gasteiger partial charge in [-0.25, -0.2) is 14.4 Å². The van der Waals surface area contributed by atoms with Crippen LogP contribution in [0.4, 0.5) is 10.2 Å². The van der Waals surface area contributed by atoms with Gasteiger partial charge in [-0.1, -0.05) is 32.5 Å². The van der Waals surface area contributed by atoms with Gasteiger partial charge in [0.2, 0.25) is 5.12 Å². The van der Waals surface area contributed by atoms with Gasteiger partial charge in [-0.15, -0.1) is 0 Å². The number of halogens is 1. The second-order valence-electron chi connectivity index (χ2n) is 9.43. The van der Waals surface area contributed by atoms with E-state index in [0.717, 1.165) is 47.7 Å². The van der Waals surface area contributed by atoms with Crippen LogP contribution in [-0.4, -0.2) is 33.4 Å². The molecule has 1 aromatic heterocycles. The first-order chi connectivity index (χ1) is 14.7. The molecule has 0 spiro atoms. The molecule has 0 radical (unpaired) electrons. The minimum Gasteiger partial charge on any atom is -0.352 e. The number of benzene rings is 2. The van der Waals surface area contributed by atoms with Crippen molar-refractivity contribution < 1.29 is 9.18 Å². The van der Waals surface area contributed by atoms with Crippen LogP contribution in [0.2, 0.25) is 0 Å². The predicted octanol–water partition coefficient (Wildman–Crippen LogP) is 6.34. The van der Waals surface area contributed by atoms with Gasteiger partial charge in [-0.05, 0) is 67.6 Å². The molecule has 31 heavy (non-hydrogen) atoms. The summed E-state index contributed by atoms with van der Waals surface area (Å²) in [5.74, 6) is 1.29. The summed E-state index contributed by atoms with van der Waals surface area (Å²) >= 11 is 1.34. The third-order valence-electron chi connectivity index (χ3n) is 5.46. The van der Waals surface area contributed by atoms with E-state index >= 15 is 0 Å². The van der Waals surface area contributed by atoms with Gasteiger partial charge in [0.15, 0.2) is 5.82 Å². The summed E-state index contributed by atoms with van der Waals surface area (Å²) in [5.41, 5.74) is 3.76. The molecule has 0 amide bonds. The minimum absolute atomic E-state index is 0.0531. The number of rotatable bonds is 4. The van der Waals surface area contributed by atoms with E-state index in [4.69, 9.17) is 9.97 Å². The number of hydrogen-bond donors (Lipinski definition) is 0. The van der Waals surface area contributed by atoms with E-state index in [-0.39, 0.29) is 16.3 Å². The molecular weight excluding hydrogens is 409 g/mol. The molecule has 4 rings (SSSR count). The van der Waals surface area contributed by atoms with Crippen LogP contribution < -0.4 is 4.90 Å². The summed E-state index contributed by atoms with van der Waals surface area (Å²) in [4.78, 5) is 24.9. The van der Waals surface area contributed by atoms with Gasteiger partial charge in [-0.2, -0.15) is 0 Å². The van der Waals surface area contributed by atoms with Crippen LogP contribution in [0.5, 0.6) is 0 Å².